The molecule has 3 aromatic rings. The van der Waals surface area contributed by atoms with Crippen LogP contribution in [-0.4, -0.2) is 36.6 Å². The number of carbonyl (C=O) groups excluding carboxylic acids is 1. The largest absolute Gasteiger partial charge is 0.493 e. The van der Waals surface area contributed by atoms with E-state index in [-0.39, 0.29) is 27.8 Å². The number of carbonyl (C=O) groups is 1. The summed E-state index contributed by atoms with van der Waals surface area (Å²) in [5.74, 6) is 1.02. The molecule has 5 nitrogen and oxygen atoms in total. The van der Waals surface area contributed by atoms with Gasteiger partial charge in [0.2, 0.25) is 0 Å². The van der Waals surface area contributed by atoms with Gasteiger partial charge in [-0.25, -0.2) is 4.98 Å². The van der Waals surface area contributed by atoms with Crippen LogP contribution in [0.4, 0.5) is 0 Å². The first-order valence-corrected chi connectivity index (χ1v) is 10.2. The van der Waals surface area contributed by atoms with Crippen LogP contribution in [0.2, 0.25) is 10.2 Å². The number of halogens is 2. The van der Waals surface area contributed by atoms with E-state index in [0.29, 0.717) is 24.5 Å². The van der Waals surface area contributed by atoms with E-state index in [2.05, 4.69) is 4.98 Å². The van der Waals surface area contributed by atoms with E-state index in [1.807, 2.05) is 42.5 Å². The number of methoxy groups -OCH3 is 2. The van der Waals surface area contributed by atoms with Crippen LogP contribution in [0.25, 0.3) is 0 Å². The van der Waals surface area contributed by atoms with E-state index in [0.717, 1.165) is 16.7 Å². The van der Waals surface area contributed by atoms with Crippen LogP contribution in [0.1, 0.15) is 33.2 Å². The van der Waals surface area contributed by atoms with Crippen LogP contribution in [0, 0.1) is 0 Å². The van der Waals surface area contributed by atoms with E-state index in [1.165, 1.54) is 0 Å². The molecule has 0 bridgehead atoms. The third-order valence-electron chi connectivity index (χ3n) is 5.26. The van der Waals surface area contributed by atoms with Crippen molar-refractivity contribution in [3.05, 3.63) is 87.2 Å². The van der Waals surface area contributed by atoms with Crippen molar-refractivity contribution in [2.75, 3.05) is 20.8 Å². The minimum absolute atomic E-state index is 0.147. The maximum absolute atomic E-state index is 13.5. The molecule has 0 saturated carbocycles. The molecule has 0 spiro atoms. The molecule has 1 amide bonds. The summed E-state index contributed by atoms with van der Waals surface area (Å²) in [6, 6.07) is 16.6. The fraction of sp³-hybridized carbons (Fsp3) is 0.217. The summed E-state index contributed by atoms with van der Waals surface area (Å²) in [5, 5.41) is 0.497. The van der Waals surface area contributed by atoms with Gasteiger partial charge in [0.15, 0.2) is 11.5 Å². The number of fused-ring (bicyclic) bond motifs is 1. The van der Waals surface area contributed by atoms with Gasteiger partial charge in [-0.2, -0.15) is 0 Å². The van der Waals surface area contributed by atoms with Crippen LogP contribution in [0.15, 0.2) is 54.6 Å². The van der Waals surface area contributed by atoms with Gasteiger partial charge in [0.1, 0.15) is 10.8 Å². The number of aromatic nitrogens is 1. The van der Waals surface area contributed by atoms with Gasteiger partial charge in [-0.15, -0.1) is 0 Å². The highest BCUT2D eigenvalue weighted by atomic mass is 35.5. The minimum atomic E-state index is -0.320. The molecule has 0 N–H and O–H groups in total. The molecule has 1 aromatic heterocycles. The topological polar surface area (TPSA) is 51.7 Å². The molecule has 4 rings (SSSR count). The monoisotopic (exact) mass is 442 g/mol. The third-order valence-corrected chi connectivity index (χ3v) is 5.78. The van der Waals surface area contributed by atoms with Gasteiger partial charge in [0.25, 0.3) is 5.91 Å². The Morgan fingerprint density at radius 3 is 2.43 bits per heavy atom. The Morgan fingerprint density at radius 1 is 1.03 bits per heavy atom. The van der Waals surface area contributed by atoms with E-state index in [9.17, 15) is 4.79 Å². The molecular formula is C23H20Cl2N2O3. The van der Waals surface area contributed by atoms with Crippen molar-refractivity contribution in [2.45, 2.75) is 12.5 Å². The first-order valence-electron chi connectivity index (χ1n) is 9.46. The lowest BCUT2D eigenvalue weighted by Gasteiger charge is -2.38. The highest BCUT2D eigenvalue weighted by Crippen LogP contribution is 2.41. The molecule has 154 valence electrons. The van der Waals surface area contributed by atoms with Crippen molar-refractivity contribution >= 4 is 29.1 Å². The molecule has 7 heteroatoms. The van der Waals surface area contributed by atoms with Crippen LogP contribution >= 0.6 is 23.2 Å². The third kappa shape index (κ3) is 3.71. The van der Waals surface area contributed by atoms with Crippen molar-refractivity contribution in [1.82, 2.24) is 9.88 Å². The second kappa shape index (κ2) is 8.54. The van der Waals surface area contributed by atoms with Gasteiger partial charge < -0.3 is 14.4 Å². The van der Waals surface area contributed by atoms with Crippen molar-refractivity contribution in [2.24, 2.45) is 0 Å². The molecule has 1 unspecified atom stereocenters. The second-order valence-electron chi connectivity index (χ2n) is 6.93. The van der Waals surface area contributed by atoms with Gasteiger partial charge in [0.05, 0.1) is 25.3 Å². The van der Waals surface area contributed by atoms with Crippen LogP contribution < -0.4 is 9.47 Å². The highest BCUT2D eigenvalue weighted by molar-refractivity contribution is 6.34. The minimum Gasteiger partial charge on any atom is -0.493 e. The molecule has 0 radical (unpaired) electrons. The number of nitrogens with zero attached hydrogens (tertiary/aromatic N) is 2. The Kier molecular flexibility index (Phi) is 5.84. The number of pyridine rings is 1. The lowest BCUT2D eigenvalue weighted by molar-refractivity contribution is 0.0688. The number of rotatable bonds is 4. The van der Waals surface area contributed by atoms with Crippen molar-refractivity contribution in [1.29, 1.82) is 0 Å². The van der Waals surface area contributed by atoms with E-state index >= 15 is 0 Å². The normalized spacial score (nSPS) is 15.5. The van der Waals surface area contributed by atoms with Gasteiger partial charge in [0, 0.05) is 6.54 Å². The molecule has 1 aliphatic rings. The summed E-state index contributed by atoms with van der Waals surface area (Å²) in [4.78, 5) is 19.5. The SMILES string of the molecule is COc1cc2c(cc1OC)C(c1ccccc1)N(C(=O)c1nc(Cl)ccc1Cl)CC2. The summed E-state index contributed by atoms with van der Waals surface area (Å²) >= 11 is 12.3. The van der Waals surface area contributed by atoms with Crippen molar-refractivity contribution in [3.63, 3.8) is 0 Å². The maximum Gasteiger partial charge on any atom is 0.274 e. The number of amides is 1. The zero-order chi connectivity index (χ0) is 21.3. The Bertz CT molecular complexity index is 1090. The van der Waals surface area contributed by atoms with Gasteiger partial charge >= 0.3 is 0 Å². The molecule has 0 aliphatic carbocycles. The van der Waals surface area contributed by atoms with E-state index in [4.69, 9.17) is 32.7 Å². The molecule has 2 heterocycles. The molecule has 1 atom stereocenters. The van der Waals surface area contributed by atoms with E-state index < -0.39 is 0 Å². The summed E-state index contributed by atoms with van der Waals surface area (Å²) in [5.41, 5.74) is 3.22. The number of hydrogen-bond acceptors (Lipinski definition) is 4. The first kappa shape index (κ1) is 20.5. The van der Waals surface area contributed by atoms with Crippen molar-refractivity contribution < 1.29 is 14.3 Å². The molecular weight excluding hydrogens is 423 g/mol. The number of ether oxygens (including phenoxy) is 2. The Morgan fingerprint density at radius 2 is 1.73 bits per heavy atom. The Labute approximate surface area is 185 Å². The van der Waals surface area contributed by atoms with Gasteiger partial charge in [-0.1, -0.05) is 53.5 Å². The lowest BCUT2D eigenvalue weighted by atomic mass is 9.87. The molecule has 30 heavy (non-hydrogen) atoms. The molecule has 0 fully saturated rings. The number of hydrogen-bond donors (Lipinski definition) is 0. The van der Waals surface area contributed by atoms with Crippen LogP contribution in [-0.2, 0) is 6.42 Å². The standard InChI is InChI=1S/C23H20Cl2N2O3/c1-29-18-12-15-10-11-27(23(28)21-17(24)8-9-20(25)26-21)22(14-6-4-3-5-7-14)16(15)13-19(18)30-2/h3-9,12-13,22H,10-11H2,1-2H3. The predicted molar refractivity (Wildman–Crippen MR) is 117 cm³/mol. The lowest BCUT2D eigenvalue weighted by Crippen LogP contribution is -2.41. The average Bonchev–Trinajstić information content (AvgIpc) is 2.78. The van der Waals surface area contributed by atoms with Crippen LogP contribution in [0.5, 0.6) is 11.5 Å². The summed E-state index contributed by atoms with van der Waals surface area (Å²) in [6.07, 6.45) is 0.670. The zero-order valence-corrected chi connectivity index (χ0v) is 18.1. The fourth-order valence-electron chi connectivity index (χ4n) is 3.86. The predicted octanol–water partition coefficient (Wildman–Crippen LogP) is 5.19. The summed E-state index contributed by atoms with van der Waals surface area (Å²) in [7, 11) is 3.22. The Hall–Kier alpha value is -2.76. The molecule has 2 aromatic carbocycles. The average molecular weight is 443 g/mol. The first-order chi connectivity index (χ1) is 14.5. The molecule has 1 aliphatic heterocycles. The number of benzene rings is 2. The van der Waals surface area contributed by atoms with Crippen LogP contribution in [0.3, 0.4) is 0 Å². The highest BCUT2D eigenvalue weighted by Gasteiger charge is 2.35. The van der Waals surface area contributed by atoms with Gasteiger partial charge in [-0.05, 0) is 47.4 Å². The smallest absolute Gasteiger partial charge is 0.274 e. The second-order valence-corrected chi connectivity index (χ2v) is 7.73. The Balaban J connectivity index is 1.86. The fourth-order valence-corrected chi connectivity index (χ4v) is 4.20. The maximum atomic E-state index is 13.5. The van der Waals surface area contributed by atoms with Gasteiger partial charge in [-0.3, -0.25) is 4.79 Å². The zero-order valence-electron chi connectivity index (χ0n) is 16.6. The summed E-state index contributed by atoms with van der Waals surface area (Å²) in [6.45, 7) is 0.505. The molecule has 0 saturated heterocycles. The van der Waals surface area contributed by atoms with Crippen molar-refractivity contribution in [3.8, 4) is 11.5 Å². The summed E-state index contributed by atoms with van der Waals surface area (Å²) < 4.78 is 11.0. The quantitative estimate of drug-likeness (QED) is 0.521. The van der Waals surface area contributed by atoms with E-state index in [1.54, 1.807) is 31.3 Å².